The zero-order chi connectivity index (χ0) is 47.8. The summed E-state index contributed by atoms with van der Waals surface area (Å²) in [6.07, 6.45) is 0. The zero-order valence-electron chi connectivity index (χ0n) is 38.9. The normalized spacial score (nSPS) is 11.9. The number of fused-ring (bicyclic) bond motifs is 9. The molecule has 0 aliphatic carbocycles. The summed E-state index contributed by atoms with van der Waals surface area (Å²) in [4.78, 5) is 11.2. The van der Waals surface area contributed by atoms with Crippen molar-refractivity contribution in [2.24, 2.45) is 0 Å². The van der Waals surface area contributed by atoms with Crippen LogP contribution in [0.5, 0.6) is 0 Å². The number of para-hydroxylation sites is 4. The molecule has 0 amide bonds. The third-order valence-corrected chi connectivity index (χ3v) is 19.4. The minimum atomic E-state index is -2.90. The molecule has 0 fully saturated rings. The molecule has 0 atom stereocenters. The fourth-order valence-corrected chi connectivity index (χ4v) is 16.4. The van der Waals surface area contributed by atoms with Crippen LogP contribution >= 0.6 is 0 Å². The summed E-state index contributed by atoms with van der Waals surface area (Å²) >= 11 is 0. The van der Waals surface area contributed by atoms with Gasteiger partial charge in [-0.2, -0.15) is 10.2 Å². The van der Waals surface area contributed by atoms with Gasteiger partial charge in [0.1, 0.15) is 5.82 Å². The second-order valence-corrected chi connectivity index (χ2v) is 22.3. The topological polar surface area (TPSA) is 64.4 Å². The minimum Gasteiger partial charge on any atom is -0.309 e. The first-order valence-corrected chi connectivity index (χ1v) is 26.3. The van der Waals surface area contributed by atoms with Crippen molar-refractivity contribution in [1.29, 1.82) is 5.26 Å². The highest BCUT2D eigenvalue weighted by atomic mass is 28.3. The molecule has 0 bridgehead atoms. The van der Waals surface area contributed by atoms with Gasteiger partial charge in [0.05, 0.1) is 50.4 Å². The van der Waals surface area contributed by atoms with Gasteiger partial charge in [-0.3, -0.25) is 9.13 Å². The van der Waals surface area contributed by atoms with Crippen LogP contribution in [0.2, 0.25) is 0 Å². The molecule has 0 N–H and O–H groups in total. The molecule has 0 aliphatic rings. The molecule has 4 aromatic heterocycles. The van der Waals surface area contributed by atoms with Crippen LogP contribution in [0.1, 0.15) is 5.56 Å². The van der Waals surface area contributed by atoms with Crippen molar-refractivity contribution in [3.63, 3.8) is 0 Å². The van der Waals surface area contributed by atoms with Gasteiger partial charge in [0.15, 0.2) is 8.07 Å². The van der Waals surface area contributed by atoms with Crippen LogP contribution in [-0.4, -0.2) is 31.7 Å². The lowest BCUT2D eigenvalue weighted by molar-refractivity contribution is 0.952. The second-order valence-electron chi connectivity index (χ2n) is 18.5. The van der Waals surface area contributed by atoms with Crippen molar-refractivity contribution < 1.29 is 0 Å². The summed E-state index contributed by atoms with van der Waals surface area (Å²) in [6.45, 7) is 0. The maximum absolute atomic E-state index is 10.0. The van der Waals surface area contributed by atoms with Gasteiger partial charge in [0.2, 0.25) is 5.95 Å². The number of benzene rings is 10. The smallest absolute Gasteiger partial charge is 0.237 e. The average Bonchev–Trinajstić information content (AvgIpc) is 4.09. The van der Waals surface area contributed by atoms with Gasteiger partial charge in [-0.1, -0.05) is 188 Å². The summed E-state index contributed by atoms with van der Waals surface area (Å²) < 4.78 is 6.85. The van der Waals surface area contributed by atoms with Crippen LogP contribution in [0.15, 0.2) is 255 Å². The third kappa shape index (κ3) is 6.26. The lowest BCUT2D eigenvalue weighted by Gasteiger charge is -2.34. The fraction of sp³-hybridized carbons (Fsp3) is 0. The number of aromatic nitrogens is 5. The maximum atomic E-state index is 10.0. The summed E-state index contributed by atoms with van der Waals surface area (Å²) in [5.74, 6) is 1.28. The largest absolute Gasteiger partial charge is 0.309 e. The maximum Gasteiger partial charge on any atom is 0.237 e. The molecule has 6 nitrogen and oxygen atoms in total. The van der Waals surface area contributed by atoms with Gasteiger partial charge in [-0.05, 0) is 81.4 Å². The fourth-order valence-electron chi connectivity index (χ4n) is 11.6. The molecule has 10 aromatic carbocycles. The molecule has 7 heteroatoms. The van der Waals surface area contributed by atoms with Crippen LogP contribution in [-0.2, 0) is 0 Å². The van der Waals surface area contributed by atoms with Crippen LogP contribution in [0.4, 0.5) is 0 Å². The molecule has 0 aliphatic heterocycles. The quantitative estimate of drug-likeness (QED) is 0.113. The van der Waals surface area contributed by atoms with Crippen LogP contribution in [0.25, 0.3) is 94.1 Å². The van der Waals surface area contributed by atoms with E-state index in [9.17, 15) is 5.26 Å². The standard InChI is InChI=1S/C65H42N6Si/c66-43-44-35-37-63-55(39-44)53-29-13-17-34-61(53)71(63)65-67-57(45-19-18-26-50(40-45)72(47-20-4-1-5-21-47,48-22-6-2-7-23-48)49-24-8-3-9-25-49)42-64(68-65)70-60-33-16-12-30-54(60)56-41-46(36-38-62(56)70)69-58-31-14-10-27-51(58)52-28-11-15-32-59(52)69/h1-42H. The van der Waals surface area contributed by atoms with Gasteiger partial charge in [0.25, 0.3) is 0 Å². The highest BCUT2D eigenvalue weighted by Crippen LogP contribution is 2.38. The molecule has 0 unspecified atom stereocenters. The summed E-state index contributed by atoms with van der Waals surface area (Å²) in [5, 5.41) is 21.9. The van der Waals surface area contributed by atoms with E-state index in [0.717, 1.165) is 66.4 Å². The number of rotatable bonds is 8. The Labute approximate surface area is 416 Å². The van der Waals surface area contributed by atoms with Crippen LogP contribution < -0.4 is 20.7 Å². The van der Waals surface area contributed by atoms with Crippen molar-refractivity contribution in [1.82, 2.24) is 23.7 Å². The third-order valence-electron chi connectivity index (χ3n) is 14.6. The van der Waals surface area contributed by atoms with Crippen LogP contribution in [0.3, 0.4) is 0 Å². The van der Waals surface area contributed by atoms with E-state index in [1.165, 1.54) is 42.6 Å². The molecular weight excluding hydrogens is 893 g/mol. The van der Waals surface area contributed by atoms with Gasteiger partial charge in [0, 0.05) is 49.6 Å². The Morgan fingerprint density at radius 1 is 0.333 bits per heavy atom. The Morgan fingerprint density at radius 2 is 0.778 bits per heavy atom. The number of hydrogen-bond acceptors (Lipinski definition) is 3. The van der Waals surface area contributed by atoms with Crippen molar-refractivity contribution >= 4 is 94.2 Å². The highest BCUT2D eigenvalue weighted by Gasteiger charge is 2.41. The first-order valence-electron chi connectivity index (χ1n) is 24.3. The number of nitrogens with zero attached hydrogens (tertiary/aromatic N) is 6. The Balaban J connectivity index is 1.05. The van der Waals surface area contributed by atoms with E-state index in [0.29, 0.717) is 11.5 Å². The van der Waals surface area contributed by atoms with E-state index in [1.54, 1.807) is 0 Å². The van der Waals surface area contributed by atoms with Gasteiger partial charge in [-0.25, -0.2) is 4.98 Å². The monoisotopic (exact) mass is 934 g/mol. The molecule has 336 valence electrons. The van der Waals surface area contributed by atoms with Crippen molar-refractivity contribution in [3.05, 3.63) is 260 Å². The molecule has 14 rings (SSSR count). The van der Waals surface area contributed by atoms with E-state index in [-0.39, 0.29) is 0 Å². The molecule has 72 heavy (non-hydrogen) atoms. The molecule has 4 heterocycles. The van der Waals surface area contributed by atoms with E-state index in [1.807, 2.05) is 24.3 Å². The van der Waals surface area contributed by atoms with Gasteiger partial charge >= 0.3 is 0 Å². The SMILES string of the molecule is N#Cc1ccc2c(c1)c1ccccc1n2-c1nc(-c2cccc([Si](c3ccccc3)(c3ccccc3)c3ccccc3)c2)cc(-n2c3ccccc3c3cc(-n4c5ccccc5c5ccccc54)ccc32)n1. The zero-order valence-corrected chi connectivity index (χ0v) is 39.9. The first-order chi connectivity index (χ1) is 35.7. The highest BCUT2D eigenvalue weighted by molar-refractivity contribution is 7.19. The first kappa shape index (κ1) is 41.4. The van der Waals surface area contributed by atoms with Gasteiger partial charge < -0.3 is 4.57 Å². The summed E-state index contributed by atoms with van der Waals surface area (Å²) in [6, 6.07) is 93.7. The summed E-state index contributed by atoms with van der Waals surface area (Å²) in [5.41, 5.74) is 9.77. The molecule has 0 spiro atoms. The average molecular weight is 935 g/mol. The Hall–Kier alpha value is -9.61. The van der Waals surface area contributed by atoms with E-state index in [2.05, 4.69) is 250 Å². The lowest BCUT2D eigenvalue weighted by Crippen LogP contribution is -2.74. The number of hydrogen-bond donors (Lipinski definition) is 0. The summed E-state index contributed by atoms with van der Waals surface area (Å²) in [7, 11) is -2.90. The van der Waals surface area contributed by atoms with E-state index >= 15 is 0 Å². The minimum absolute atomic E-state index is 0.536. The number of nitriles is 1. The molecule has 14 aromatic rings. The van der Waals surface area contributed by atoms with Gasteiger partial charge in [-0.15, -0.1) is 0 Å². The van der Waals surface area contributed by atoms with Crippen LogP contribution in [0, 0.1) is 11.3 Å². The van der Waals surface area contributed by atoms with Crippen molar-refractivity contribution in [3.8, 4) is 34.8 Å². The van der Waals surface area contributed by atoms with Crippen molar-refractivity contribution in [2.45, 2.75) is 0 Å². The lowest BCUT2D eigenvalue weighted by atomic mass is 10.1. The van der Waals surface area contributed by atoms with Crippen molar-refractivity contribution in [2.75, 3.05) is 0 Å². The Kier molecular flexibility index (Phi) is 9.49. The predicted octanol–water partition coefficient (Wildman–Crippen LogP) is 12.7. The molecule has 0 saturated carbocycles. The Bertz CT molecular complexity index is 4320. The molecular formula is C65H42N6Si. The predicted molar refractivity (Wildman–Crippen MR) is 299 cm³/mol. The second kappa shape index (κ2) is 16.5. The molecule has 0 saturated heterocycles. The Morgan fingerprint density at radius 3 is 1.35 bits per heavy atom. The van der Waals surface area contributed by atoms with E-state index in [4.69, 9.17) is 9.97 Å². The van der Waals surface area contributed by atoms with E-state index < -0.39 is 8.07 Å². The molecule has 0 radical (unpaired) electrons.